The Balaban J connectivity index is 1.46. The van der Waals surface area contributed by atoms with E-state index in [1.807, 2.05) is 0 Å². The lowest BCUT2D eigenvalue weighted by atomic mass is 10.1. The van der Waals surface area contributed by atoms with E-state index in [4.69, 9.17) is 4.52 Å². The number of carbonyl (C=O) groups excluding carboxylic acids is 1. The minimum atomic E-state index is -4.63. The summed E-state index contributed by atoms with van der Waals surface area (Å²) in [5.41, 5.74) is -0.827. The maximum absolute atomic E-state index is 14.2. The Kier molecular flexibility index (Phi) is 5.14. The zero-order valence-corrected chi connectivity index (χ0v) is 17.4. The lowest BCUT2D eigenvalue weighted by Gasteiger charge is -2.18. The van der Waals surface area contributed by atoms with Crippen LogP contribution in [-0.2, 0) is 11.3 Å². The van der Waals surface area contributed by atoms with Gasteiger partial charge in [-0.25, -0.2) is 14.4 Å². The molecule has 1 aromatic carbocycles. The molecule has 1 N–H and O–H groups in total. The molecule has 3 aromatic heterocycles. The zero-order chi connectivity index (χ0) is 23.9. The predicted octanol–water partition coefficient (Wildman–Crippen LogP) is 4.46. The maximum atomic E-state index is 14.2. The number of amides is 1. The van der Waals surface area contributed by atoms with Gasteiger partial charge in [0.1, 0.15) is 34.7 Å². The van der Waals surface area contributed by atoms with Crippen LogP contribution in [0.3, 0.4) is 0 Å². The fourth-order valence-electron chi connectivity index (χ4n) is 3.54. The molecule has 0 radical (unpaired) electrons. The Bertz CT molecular complexity index is 1350. The van der Waals surface area contributed by atoms with Crippen LogP contribution in [0.2, 0.25) is 0 Å². The Morgan fingerprint density at radius 1 is 1.15 bits per heavy atom. The third-order valence-corrected chi connectivity index (χ3v) is 5.61. The fourth-order valence-corrected chi connectivity index (χ4v) is 3.54. The highest BCUT2D eigenvalue weighted by Crippen LogP contribution is 2.58. The van der Waals surface area contributed by atoms with Crippen molar-refractivity contribution in [1.82, 2.24) is 24.9 Å². The van der Waals surface area contributed by atoms with E-state index in [0.717, 1.165) is 0 Å². The van der Waals surface area contributed by atoms with Crippen molar-refractivity contribution >= 4 is 11.7 Å². The van der Waals surface area contributed by atoms with Gasteiger partial charge in [0.2, 0.25) is 5.91 Å². The number of nitrogens with zero attached hydrogens (tertiary/aromatic N) is 5. The van der Waals surface area contributed by atoms with Crippen LogP contribution in [0.4, 0.5) is 23.4 Å². The van der Waals surface area contributed by atoms with Gasteiger partial charge >= 0.3 is 6.18 Å². The van der Waals surface area contributed by atoms with E-state index in [0.29, 0.717) is 17.0 Å². The lowest BCUT2D eigenvalue weighted by molar-refractivity contribution is -0.189. The first-order chi connectivity index (χ1) is 16.3. The van der Waals surface area contributed by atoms with Crippen molar-refractivity contribution in [2.75, 3.05) is 5.32 Å². The second kappa shape index (κ2) is 8.04. The van der Waals surface area contributed by atoms with Crippen molar-refractivity contribution in [3.8, 4) is 22.9 Å². The lowest BCUT2D eigenvalue weighted by Crippen LogP contribution is -2.37. The van der Waals surface area contributed by atoms with Gasteiger partial charge in [-0.1, -0.05) is 23.4 Å². The quantitative estimate of drug-likeness (QED) is 0.416. The fraction of sp³-hybridized carbons (Fsp3) is 0.227. The molecule has 4 aromatic rings. The minimum Gasteiger partial charge on any atom is -0.364 e. The van der Waals surface area contributed by atoms with E-state index in [-0.39, 0.29) is 36.7 Å². The highest BCUT2D eigenvalue weighted by molar-refractivity contribution is 5.97. The van der Waals surface area contributed by atoms with Crippen molar-refractivity contribution in [3.05, 3.63) is 66.3 Å². The van der Waals surface area contributed by atoms with E-state index in [9.17, 15) is 22.4 Å². The number of alkyl halides is 3. The number of carbonyl (C=O) groups is 1. The molecule has 1 saturated carbocycles. The number of hydrogen-bond donors (Lipinski definition) is 1. The van der Waals surface area contributed by atoms with Gasteiger partial charge in [0.25, 0.3) is 0 Å². The molecule has 0 unspecified atom stereocenters. The molecule has 1 fully saturated rings. The topological polar surface area (TPSA) is 98.7 Å². The molecule has 0 bridgehead atoms. The highest BCUT2D eigenvalue weighted by Gasteiger charge is 2.68. The predicted molar refractivity (Wildman–Crippen MR) is 111 cm³/mol. The third kappa shape index (κ3) is 3.91. The summed E-state index contributed by atoms with van der Waals surface area (Å²) in [6, 6.07) is 10.7. The van der Waals surface area contributed by atoms with Crippen molar-refractivity contribution in [3.63, 3.8) is 0 Å². The molecular weight excluding hydrogens is 456 g/mol. The van der Waals surface area contributed by atoms with Gasteiger partial charge in [-0.3, -0.25) is 9.48 Å². The molecule has 0 saturated heterocycles. The van der Waals surface area contributed by atoms with Gasteiger partial charge in [0, 0.05) is 17.8 Å². The molecule has 1 aliphatic rings. The van der Waals surface area contributed by atoms with Gasteiger partial charge in [0.05, 0.1) is 12.2 Å². The Morgan fingerprint density at radius 2 is 1.94 bits per heavy atom. The Morgan fingerprint density at radius 3 is 2.62 bits per heavy atom. The third-order valence-electron chi connectivity index (χ3n) is 5.61. The molecular formula is C22H16F4N6O2. The second-order valence-corrected chi connectivity index (χ2v) is 7.85. The van der Waals surface area contributed by atoms with E-state index in [1.54, 1.807) is 30.3 Å². The van der Waals surface area contributed by atoms with Crippen LogP contribution in [0, 0.1) is 11.2 Å². The summed E-state index contributed by atoms with van der Waals surface area (Å²) in [4.78, 5) is 20.6. The maximum Gasteiger partial charge on any atom is 0.403 e. The van der Waals surface area contributed by atoms with Gasteiger partial charge in [-0.05, 0) is 31.0 Å². The monoisotopic (exact) mass is 472 g/mol. The van der Waals surface area contributed by atoms with E-state index >= 15 is 0 Å². The van der Waals surface area contributed by atoms with Gasteiger partial charge in [-0.2, -0.15) is 18.3 Å². The van der Waals surface area contributed by atoms with Crippen LogP contribution in [0.5, 0.6) is 0 Å². The molecule has 1 amide bonds. The van der Waals surface area contributed by atoms with E-state index in [2.05, 4.69) is 25.5 Å². The molecule has 0 aliphatic heterocycles. The Hall–Kier alpha value is -4.09. The number of benzene rings is 1. The van der Waals surface area contributed by atoms with E-state index in [1.165, 1.54) is 29.3 Å². The standard InChI is InChI=1S/C22H16F4N6O2/c23-14-4-2-1-3-13(14)12-32-17(15-6-10-34-31-15)11-16(30-32)19-27-9-5-18(28-19)29-20(33)21(7-8-21)22(24,25)26/h1-6,9-11H,7-8,12H2,(H,27,28,29,33). The second-order valence-electron chi connectivity index (χ2n) is 7.85. The van der Waals surface area contributed by atoms with Crippen LogP contribution < -0.4 is 5.32 Å². The SMILES string of the molecule is O=C(Nc1ccnc(-c2cc(-c3ccon3)n(Cc3ccccc3F)n2)n1)C1(C(F)(F)F)CC1. The van der Waals surface area contributed by atoms with Crippen molar-refractivity contribution in [2.24, 2.45) is 5.41 Å². The summed E-state index contributed by atoms with van der Waals surface area (Å²) >= 11 is 0. The van der Waals surface area contributed by atoms with Gasteiger partial charge in [-0.15, -0.1) is 0 Å². The Labute approximate surface area is 189 Å². The van der Waals surface area contributed by atoms with Crippen LogP contribution >= 0.6 is 0 Å². The van der Waals surface area contributed by atoms with Crippen LogP contribution in [0.1, 0.15) is 18.4 Å². The molecule has 3 heterocycles. The first-order valence-corrected chi connectivity index (χ1v) is 10.2. The number of hydrogen-bond acceptors (Lipinski definition) is 6. The minimum absolute atomic E-state index is 0.0617. The number of anilines is 1. The van der Waals surface area contributed by atoms with Gasteiger partial charge < -0.3 is 9.84 Å². The average Bonchev–Trinajstić information content (AvgIpc) is 3.27. The van der Waals surface area contributed by atoms with E-state index < -0.39 is 23.3 Å². The van der Waals surface area contributed by atoms with Crippen LogP contribution in [0.25, 0.3) is 22.9 Å². The van der Waals surface area contributed by atoms with Crippen molar-refractivity contribution in [2.45, 2.75) is 25.6 Å². The molecule has 0 spiro atoms. The van der Waals surface area contributed by atoms with Crippen LogP contribution in [0.15, 0.2) is 59.4 Å². The number of aromatic nitrogens is 5. The summed E-state index contributed by atoms with van der Waals surface area (Å²) in [6.45, 7) is 0.0688. The summed E-state index contributed by atoms with van der Waals surface area (Å²) < 4.78 is 60.3. The van der Waals surface area contributed by atoms with Gasteiger partial charge in [0.15, 0.2) is 5.82 Å². The summed E-state index contributed by atoms with van der Waals surface area (Å²) in [6.07, 6.45) is -2.48. The molecule has 1 aliphatic carbocycles. The smallest absolute Gasteiger partial charge is 0.364 e. The molecule has 5 rings (SSSR count). The molecule has 34 heavy (non-hydrogen) atoms. The highest BCUT2D eigenvalue weighted by atomic mass is 19.4. The summed E-state index contributed by atoms with van der Waals surface area (Å²) in [5, 5.41) is 10.6. The zero-order valence-electron chi connectivity index (χ0n) is 17.4. The molecule has 12 heteroatoms. The first-order valence-electron chi connectivity index (χ1n) is 10.2. The van der Waals surface area contributed by atoms with Crippen LogP contribution in [-0.4, -0.2) is 37.0 Å². The molecule has 8 nitrogen and oxygen atoms in total. The average molecular weight is 472 g/mol. The van der Waals surface area contributed by atoms with Crippen molar-refractivity contribution < 1.29 is 26.9 Å². The van der Waals surface area contributed by atoms with Crippen molar-refractivity contribution in [1.29, 1.82) is 0 Å². The first kappa shape index (κ1) is 21.7. The largest absolute Gasteiger partial charge is 0.403 e. The number of halogens is 4. The molecule has 174 valence electrons. The summed E-state index contributed by atoms with van der Waals surface area (Å²) in [7, 11) is 0. The number of rotatable bonds is 6. The normalized spacial score (nSPS) is 14.7. The summed E-state index contributed by atoms with van der Waals surface area (Å²) in [5.74, 6) is -1.59. The molecule has 0 atom stereocenters. The number of nitrogens with one attached hydrogen (secondary N) is 1.